The molecule has 1 rings (SSSR count). The van der Waals surface area contributed by atoms with E-state index in [4.69, 9.17) is 0 Å². The van der Waals surface area contributed by atoms with Gasteiger partial charge in [0.05, 0.1) is 5.69 Å². The molecule has 0 aromatic carbocycles. The molecular formula is C9H13BrN2O. The van der Waals surface area contributed by atoms with Gasteiger partial charge in [-0.15, -0.1) is 0 Å². The van der Waals surface area contributed by atoms with E-state index in [9.17, 15) is 4.79 Å². The molecule has 3 nitrogen and oxygen atoms in total. The van der Waals surface area contributed by atoms with Crippen molar-refractivity contribution in [1.82, 2.24) is 9.97 Å². The molecule has 0 saturated heterocycles. The van der Waals surface area contributed by atoms with Gasteiger partial charge in [0, 0.05) is 5.92 Å². The number of hydrogen-bond acceptors (Lipinski definition) is 2. The van der Waals surface area contributed by atoms with Crippen molar-refractivity contribution >= 4 is 15.9 Å². The first kappa shape index (κ1) is 10.4. The summed E-state index contributed by atoms with van der Waals surface area (Å²) in [6, 6.07) is 0. The molecule has 1 aromatic rings. The Morgan fingerprint density at radius 3 is 2.69 bits per heavy atom. The summed E-state index contributed by atoms with van der Waals surface area (Å²) in [6.07, 6.45) is 0.976. The summed E-state index contributed by atoms with van der Waals surface area (Å²) < 4.78 is 0.527. The SMILES string of the molecule is CCC(C)c1nc(C)c(Br)c(=O)[nH]1. The Balaban J connectivity index is 3.21. The Morgan fingerprint density at radius 1 is 1.62 bits per heavy atom. The molecule has 1 aromatic heterocycles. The Hall–Kier alpha value is -0.640. The highest BCUT2D eigenvalue weighted by molar-refractivity contribution is 9.10. The van der Waals surface area contributed by atoms with Crippen LogP contribution in [0.25, 0.3) is 0 Å². The van der Waals surface area contributed by atoms with Crippen molar-refractivity contribution in [2.75, 3.05) is 0 Å². The molecule has 72 valence electrons. The van der Waals surface area contributed by atoms with Crippen molar-refractivity contribution in [3.63, 3.8) is 0 Å². The van der Waals surface area contributed by atoms with Crippen molar-refractivity contribution in [1.29, 1.82) is 0 Å². The molecule has 1 N–H and O–H groups in total. The highest BCUT2D eigenvalue weighted by Crippen LogP contribution is 2.15. The molecule has 0 aliphatic rings. The molecule has 1 atom stereocenters. The van der Waals surface area contributed by atoms with Crippen molar-refractivity contribution in [3.8, 4) is 0 Å². The minimum absolute atomic E-state index is 0.0946. The van der Waals surface area contributed by atoms with Gasteiger partial charge in [-0.25, -0.2) is 4.98 Å². The fourth-order valence-electron chi connectivity index (χ4n) is 1.02. The first-order valence-corrected chi connectivity index (χ1v) is 5.11. The predicted octanol–water partition coefficient (Wildman–Crippen LogP) is 2.35. The molecule has 0 spiro atoms. The first-order valence-electron chi connectivity index (χ1n) is 4.32. The second kappa shape index (κ2) is 4.05. The highest BCUT2D eigenvalue weighted by Gasteiger charge is 2.09. The van der Waals surface area contributed by atoms with E-state index in [0.29, 0.717) is 10.4 Å². The number of aromatic amines is 1. The Labute approximate surface area is 85.7 Å². The van der Waals surface area contributed by atoms with Crippen molar-refractivity contribution in [3.05, 3.63) is 26.3 Å². The van der Waals surface area contributed by atoms with E-state index in [-0.39, 0.29) is 5.56 Å². The lowest BCUT2D eigenvalue weighted by Gasteiger charge is -2.08. The molecule has 0 fully saturated rings. The van der Waals surface area contributed by atoms with Gasteiger partial charge in [0.15, 0.2) is 0 Å². The van der Waals surface area contributed by atoms with Crippen LogP contribution in [-0.4, -0.2) is 9.97 Å². The van der Waals surface area contributed by atoms with E-state index in [2.05, 4.69) is 32.8 Å². The van der Waals surface area contributed by atoms with Gasteiger partial charge in [0.1, 0.15) is 10.3 Å². The quantitative estimate of drug-likeness (QED) is 0.869. The van der Waals surface area contributed by atoms with Gasteiger partial charge >= 0.3 is 0 Å². The lowest BCUT2D eigenvalue weighted by molar-refractivity contribution is 0.668. The van der Waals surface area contributed by atoms with Gasteiger partial charge in [0.25, 0.3) is 5.56 Å². The molecule has 1 unspecified atom stereocenters. The summed E-state index contributed by atoms with van der Waals surface area (Å²) in [7, 11) is 0. The van der Waals surface area contributed by atoms with Crippen molar-refractivity contribution < 1.29 is 0 Å². The molecule has 0 aliphatic heterocycles. The number of aromatic nitrogens is 2. The van der Waals surface area contributed by atoms with E-state index in [1.54, 1.807) is 0 Å². The fourth-order valence-corrected chi connectivity index (χ4v) is 1.21. The van der Waals surface area contributed by atoms with Crippen molar-refractivity contribution in [2.24, 2.45) is 0 Å². The first-order chi connectivity index (χ1) is 6.06. The number of hydrogen-bond donors (Lipinski definition) is 1. The van der Waals surface area contributed by atoms with E-state index >= 15 is 0 Å². The zero-order valence-corrected chi connectivity index (χ0v) is 9.60. The predicted molar refractivity (Wildman–Crippen MR) is 56.0 cm³/mol. The zero-order chi connectivity index (χ0) is 10.0. The maximum Gasteiger partial charge on any atom is 0.265 e. The van der Waals surface area contributed by atoms with Crippen LogP contribution in [-0.2, 0) is 0 Å². The fraction of sp³-hybridized carbons (Fsp3) is 0.556. The molecule has 1 heterocycles. The summed E-state index contributed by atoms with van der Waals surface area (Å²) >= 11 is 3.18. The van der Waals surface area contributed by atoms with Crippen LogP contribution in [0.15, 0.2) is 9.27 Å². The number of halogens is 1. The zero-order valence-electron chi connectivity index (χ0n) is 8.02. The van der Waals surface area contributed by atoms with Crippen LogP contribution in [0.5, 0.6) is 0 Å². The topological polar surface area (TPSA) is 45.8 Å². The Bertz CT molecular complexity index is 359. The summed E-state index contributed by atoms with van der Waals surface area (Å²) in [5, 5.41) is 0. The summed E-state index contributed by atoms with van der Waals surface area (Å²) in [5.74, 6) is 1.08. The third-order valence-electron chi connectivity index (χ3n) is 2.13. The van der Waals surface area contributed by atoms with Gasteiger partial charge in [-0.05, 0) is 29.3 Å². The second-order valence-corrected chi connectivity index (χ2v) is 3.95. The van der Waals surface area contributed by atoms with E-state index in [0.717, 1.165) is 17.9 Å². The van der Waals surface area contributed by atoms with Gasteiger partial charge in [-0.2, -0.15) is 0 Å². The lowest BCUT2D eigenvalue weighted by atomic mass is 10.1. The summed E-state index contributed by atoms with van der Waals surface area (Å²) in [5.41, 5.74) is 0.654. The number of nitrogens with one attached hydrogen (secondary N) is 1. The highest BCUT2D eigenvalue weighted by atomic mass is 79.9. The van der Waals surface area contributed by atoms with Crippen LogP contribution in [0.3, 0.4) is 0 Å². The van der Waals surface area contributed by atoms with Crippen LogP contribution in [0.1, 0.15) is 37.7 Å². The minimum atomic E-state index is -0.0946. The normalized spacial score (nSPS) is 12.9. The van der Waals surface area contributed by atoms with Crippen LogP contribution < -0.4 is 5.56 Å². The largest absolute Gasteiger partial charge is 0.309 e. The van der Waals surface area contributed by atoms with Crippen LogP contribution in [0.2, 0.25) is 0 Å². The van der Waals surface area contributed by atoms with Crippen LogP contribution >= 0.6 is 15.9 Å². The lowest BCUT2D eigenvalue weighted by Crippen LogP contribution is -2.15. The summed E-state index contributed by atoms with van der Waals surface area (Å²) in [6.45, 7) is 5.94. The van der Waals surface area contributed by atoms with Gasteiger partial charge in [-0.1, -0.05) is 13.8 Å². The standard InChI is InChI=1S/C9H13BrN2O/c1-4-5(2)8-11-6(3)7(10)9(13)12-8/h5H,4H2,1-3H3,(H,11,12,13). The monoisotopic (exact) mass is 244 g/mol. The van der Waals surface area contributed by atoms with E-state index in [1.807, 2.05) is 13.8 Å². The number of nitrogens with zero attached hydrogens (tertiary/aromatic N) is 1. The molecule has 4 heteroatoms. The van der Waals surface area contributed by atoms with E-state index < -0.39 is 0 Å². The maximum absolute atomic E-state index is 11.3. The van der Waals surface area contributed by atoms with Gasteiger partial charge < -0.3 is 4.98 Å². The van der Waals surface area contributed by atoms with E-state index in [1.165, 1.54) is 0 Å². The molecular weight excluding hydrogens is 232 g/mol. The molecule has 0 amide bonds. The average Bonchev–Trinajstić information content (AvgIpc) is 2.12. The third kappa shape index (κ3) is 2.18. The number of H-pyrrole nitrogens is 1. The minimum Gasteiger partial charge on any atom is -0.309 e. The average molecular weight is 245 g/mol. The smallest absolute Gasteiger partial charge is 0.265 e. The van der Waals surface area contributed by atoms with Crippen molar-refractivity contribution in [2.45, 2.75) is 33.1 Å². The molecule has 0 bridgehead atoms. The maximum atomic E-state index is 11.3. The second-order valence-electron chi connectivity index (χ2n) is 3.16. The Kier molecular flexibility index (Phi) is 3.25. The molecule has 0 aliphatic carbocycles. The third-order valence-corrected chi connectivity index (χ3v) is 3.06. The van der Waals surface area contributed by atoms with Crippen LogP contribution in [0.4, 0.5) is 0 Å². The van der Waals surface area contributed by atoms with Gasteiger partial charge in [0.2, 0.25) is 0 Å². The Morgan fingerprint density at radius 2 is 2.23 bits per heavy atom. The van der Waals surface area contributed by atoms with Crippen LogP contribution in [0, 0.1) is 6.92 Å². The molecule has 0 saturated carbocycles. The summed E-state index contributed by atoms with van der Waals surface area (Å²) in [4.78, 5) is 18.4. The molecule has 13 heavy (non-hydrogen) atoms. The number of aryl methyl sites for hydroxylation is 1. The number of rotatable bonds is 2. The van der Waals surface area contributed by atoms with Gasteiger partial charge in [-0.3, -0.25) is 4.79 Å². The molecule has 0 radical (unpaired) electrons.